The third kappa shape index (κ3) is 3.08. The smallest absolute Gasteiger partial charge is 0.185 e. The van der Waals surface area contributed by atoms with Gasteiger partial charge in [-0.3, -0.25) is 5.43 Å². The van der Waals surface area contributed by atoms with E-state index < -0.39 is 0 Å². The first-order valence-electron chi connectivity index (χ1n) is 8.92. The van der Waals surface area contributed by atoms with E-state index in [2.05, 4.69) is 46.6 Å². The van der Waals surface area contributed by atoms with Gasteiger partial charge in [0.25, 0.3) is 0 Å². The molecule has 2 heterocycles. The molecular formula is C19H24N6. The molecular weight excluding hydrogens is 312 g/mol. The van der Waals surface area contributed by atoms with Gasteiger partial charge < -0.3 is 0 Å². The summed E-state index contributed by atoms with van der Waals surface area (Å²) in [7, 11) is 0. The monoisotopic (exact) mass is 336 g/mol. The first-order chi connectivity index (χ1) is 12.0. The molecule has 6 nitrogen and oxygen atoms in total. The lowest BCUT2D eigenvalue weighted by molar-refractivity contribution is 0.208. The van der Waals surface area contributed by atoms with E-state index in [1.165, 1.54) is 18.6 Å². The van der Waals surface area contributed by atoms with Gasteiger partial charge in [0.05, 0.1) is 0 Å². The van der Waals surface area contributed by atoms with E-state index in [1.54, 1.807) is 10.8 Å². The molecule has 0 aliphatic heterocycles. The van der Waals surface area contributed by atoms with Gasteiger partial charge in [0.1, 0.15) is 6.33 Å². The number of aromatic nitrogens is 4. The van der Waals surface area contributed by atoms with Crippen molar-refractivity contribution in [2.45, 2.75) is 46.5 Å². The zero-order chi connectivity index (χ0) is 17.4. The number of fused-ring (bicyclic) bond motifs is 3. The fourth-order valence-corrected chi connectivity index (χ4v) is 3.67. The van der Waals surface area contributed by atoms with Gasteiger partial charge >= 0.3 is 0 Å². The van der Waals surface area contributed by atoms with Crippen LogP contribution in [0.25, 0.3) is 16.4 Å². The van der Waals surface area contributed by atoms with Crippen LogP contribution in [0.1, 0.15) is 46.5 Å². The van der Waals surface area contributed by atoms with Gasteiger partial charge in [0, 0.05) is 16.5 Å². The van der Waals surface area contributed by atoms with Gasteiger partial charge in [0.15, 0.2) is 11.5 Å². The molecule has 1 aliphatic rings. The van der Waals surface area contributed by atoms with Gasteiger partial charge in [-0.1, -0.05) is 45.0 Å². The molecule has 3 aromatic rings. The van der Waals surface area contributed by atoms with Crippen molar-refractivity contribution in [3.63, 3.8) is 0 Å². The number of anilines is 1. The Balaban J connectivity index is 1.59. The third-order valence-electron chi connectivity index (χ3n) is 5.27. The van der Waals surface area contributed by atoms with E-state index in [-0.39, 0.29) is 0 Å². The molecule has 0 unspecified atom stereocenters. The average molecular weight is 336 g/mol. The molecule has 1 aliphatic carbocycles. The molecule has 1 saturated carbocycles. The van der Waals surface area contributed by atoms with E-state index in [0.29, 0.717) is 5.41 Å². The summed E-state index contributed by atoms with van der Waals surface area (Å²) >= 11 is 0. The van der Waals surface area contributed by atoms with E-state index in [1.807, 2.05) is 24.3 Å². The number of hydrazone groups is 1. The first kappa shape index (κ1) is 16.0. The van der Waals surface area contributed by atoms with Gasteiger partial charge in [-0.25, -0.2) is 0 Å². The summed E-state index contributed by atoms with van der Waals surface area (Å²) in [5.74, 6) is 1.52. The molecule has 1 fully saturated rings. The van der Waals surface area contributed by atoms with Crippen LogP contribution < -0.4 is 5.43 Å². The summed E-state index contributed by atoms with van der Waals surface area (Å²) in [6.45, 7) is 7.01. The Labute approximate surface area is 147 Å². The van der Waals surface area contributed by atoms with Crippen LogP contribution in [0.4, 0.5) is 5.82 Å². The molecule has 0 atom stereocenters. The van der Waals surface area contributed by atoms with E-state index in [4.69, 9.17) is 0 Å². The second-order valence-corrected chi connectivity index (χ2v) is 7.92. The minimum absolute atomic E-state index is 0.385. The fourth-order valence-electron chi connectivity index (χ4n) is 3.67. The molecule has 1 N–H and O–H groups in total. The van der Waals surface area contributed by atoms with Crippen LogP contribution in [0.3, 0.4) is 0 Å². The number of hydrogen-bond acceptors (Lipinski definition) is 5. The third-order valence-corrected chi connectivity index (χ3v) is 5.27. The molecule has 1 aromatic carbocycles. The summed E-state index contributed by atoms with van der Waals surface area (Å²) < 4.78 is 1.70. The van der Waals surface area contributed by atoms with Crippen LogP contribution in [0.15, 0.2) is 35.7 Å². The maximum atomic E-state index is 4.66. The fraction of sp³-hybridized carbons (Fsp3) is 0.474. The number of nitrogens with zero attached hydrogens (tertiary/aromatic N) is 5. The molecule has 4 rings (SSSR count). The van der Waals surface area contributed by atoms with Crippen LogP contribution in [0, 0.1) is 11.3 Å². The van der Waals surface area contributed by atoms with Crippen molar-refractivity contribution in [2.24, 2.45) is 16.4 Å². The van der Waals surface area contributed by atoms with E-state index in [0.717, 1.165) is 41.0 Å². The molecule has 2 aromatic heterocycles. The predicted octanol–water partition coefficient (Wildman–Crippen LogP) is 4.28. The van der Waals surface area contributed by atoms with Crippen LogP contribution in [-0.4, -0.2) is 25.5 Å². The minimum atomic E-state index is 0.385. The zero-order valence-corrected chi connectivity index (χ0v) is 15.0. The lowest BCUT2D eigenvalue weighted by atomic mass is 9.72. The van der Waals surface area contributed by atoms with Gasteiger partial charge in [0.2, 0.25) is 0 Å². The topological polar surface area (TPSA) is 67.5 Å². The quantitative estimate of drug-likeness (QED) is 0.709. The molecule has 0 bridgehead atoms. The Hall–Kier alpha value is -2.50. The molecule has 130 valence electrons. The van der Waals surface area contributed by atoms with Gasteiger partial charge in [-0.2, -0.15) is 9.62 Å². The summed E-state index contributed by atoms with van der Waals surface area (Å²) in [4.78, 5) is 0. The molecule has 25 heavy (non-hydrogen) atoms. The molecule has 0 spiro atoms. The first-order valence-corrected chi connectivity index (χ1v) is 8.92. The molecule has 0 amide bonds. The van der Waals surface area contributed by atoms with Crippen molar-refractivity contribution in [3.8, 4) is 0 Å². The van der Waals surface area contributed by atoms with E-state index >= 15 is 0 Å². The van der Waals surface area contributed by atoms with Crippen LogP contribution >= 0.6 is 0 Å². The van der Waals surface area contributed by atoms with Gasteiger partial charge in [-0.05, 0) is 37.0 Å². The largest absolute Gasteiger partial charge is 0.259 e. The second-order valence-electron chi connectivity index (χ2n) is 7.92. The number of benzene rings is 1. The molecule has 6 heteroatoms. The molecule has 0 saturated heterocycles. The highest BCUT2D eigenvalue weighted by atomic mass is 15.4. The highest BCUT2D eigenvalue weighted by molar-refractivity contribution is 6.00. The number of nitrogens with one attached hydrogen (secondary N) is 1. The average Bonchev–Trinajstić information content (AvgIpc) is 3.08. The van der Waals surface area contributed by atoms with Crippen molar-refractivity contribution in [2.75, 3.05) is 5.43 Å². The minimum Gasteiger partial charge on any atom is -0.259 e. The Bertz CT molecular complexity index is 924. The summed E-state index contributed by atoms with van der Waals surface area (Å²) in [6, 6.07) is 8.08. The lowest BCUT2D eigenvalue weighted by Crippen LogP contribution is -2.26. The highest BCUT2D eigenvalue weighted by Gasteiger charge is 2.28. The number of hydrogen-bond donors (Lipinski definition) is 1. The highest BCUT2D eigenvalue weighted by Crippen LogP contribution is 2.37. The van der Waals surface area contributed by atoms with Crippen molar-refractivity contribution in [3.05, 3.63) is 30.6 Å². The van der Waals surface area contributed by atoms with Crippen molar-refractivity contribution >= 4 is 27.9 Å². The lowest BCUT2D eigenvalue weighted by Gasteiger charge is -2.34. The maximum Gasteiger partial charge on any atom is 0.185 e. The van der Waals surface area contributed by atoms with Gasteiger partial charge in [-0.15, -0.1) is 15.3 Å². The van der Waals surface area contributed by atoms with E-state index in [9.17, 15) is 0 Å². The van der Waals surface area contributed by atoms with Crippen molar-refractivity contribution in [1.29, 1.82) is 0 Å². The Morgan fingerprint density at radius 3 is 2.56 bits per heavy atom. The SMILES string of the molecule is CC(C)(C)C1CCC(=NNc2nn3cnnc3c3ccccc23)CC1. The zero-order valence-electron chi connectivity index (χ0n) is 15.0. The maximum absolute atomic E-state index is 4.66. The Morgan fingerprint density at radius 1 is 1.12 bits per heavy atom. The molecule has 0 radical (unpaired) electrons. The predicted molar refractivity (Wildman–Crippen MR) is 101 cm³/mol. The summed E-state index contributed by atoms with van der Waals surface area (Å²) in [5.41, 5.74) is 5.57. The Morgan fingerprint density at radius 2 is 1.84 bits per heavy atom. The van der Waals surface area contributed by atoms with Crippen LogP contribution in [-0.2, 0) is 0 Å². The second kappa shape index (κ2) is 6.10. The summed E-state index contributed by atoms with van der Waals surface area (Å²) in [6.07, 6.45) is 6.16. The number of rotatable bonds is 2. The standard InChI is InChI=1S/C19H24N6/c1-19(2,3)13-8-10-14(11-9-13)21-22-17-15-6-4-5-7-16(15)18-23-20-12-25(18)24-17/h4-7,12-13H,8-11H2,1-3H3,(H,22,24). The van der Waals surface area contributed by atoms with Crippen LogP contribution in [0.5, 0.6) is 0 Å². The van der Waals surface area contributed by atoms with Crippen molar-refractivity contribution < 1.29 is 0 Å². The normalized spacial score (nSPS) is 18.7. The Kier molecular flexibility index (Phi) is 3.90. The summed E-state index contributed by atoms with van der Waals surface area (Å²) in [5, 5.41) is 19.4. The van der Waals surface area contributed by atoms with Crippen molar-refractivity contribution in [1.82, 2.24) is 19.8 Å². The van der Waals surface area contributed by atoms with Crippen LogP contribution in [0.2, 0.25) is 0 Å².